The minimum atomic E-state index is -0.458. The van der Waals surface area contributed by atoms with Crippen LogP contribution in [-0.2, 0) is 14.3 Å². The molecule has 0 aromatic heterocycles. The number of unbranched alkanes of at least 4 members (excludes halogenated alkanes) is 4. The lowest BCUT2D eigenvalue weighted by Gasteiger charge is -2.20. The molecule has 0 aliphatic heterocycles. The summed E-state index contributed by atoms with van der Waals surface area (Å²) in [7, 11) is 0. The van der Waals surface area contributed by atoms with E-state index in [0.717, 1.165) is 32.0 Å². The second-order valence-corrected chi connectivity index (χ2v) is 5.94. The Hall–Kier alpha value is -0.900. The molecule has 112 valence electrons. The van der Waals surface area contributed by atoms with Crippen LogP contribution in [0.15, 0.2) is 0 Å². The number of hydrogen-bond acceptors (Lipinski definition) is 4. The van der Waals surface area contributed by atoms with Crippen LogP contribution in [0.25, 0.3) is 0 Å². The molecule has 0 fully saturated rings. The molecule has 0 heterocycles. The second-order valence-electron chi connectivity index (χ2n) is 5.94. The molecule has 0 rings (SSSR count). The van der Waals surface area contributed by atoms with Crippen LogP contribution in [0.3, 0.4) is 0 Å². The van der Waals surface area contributed by atoms with E-state index in [1.807, 2.05) is 20.8 Å². The first kappa shape index (κ1) is 18.1. The van der Waals surface area contributed by atoms with E-state index in [1.54, 1.807) is 0 Å². The zero-order valence-corrected chi connectivity index (χ0v) is 12.5. The van der Waals surface area contributed by atoms with Crippen molar-refractivity contribution in [1.29, 1.82) is 0 Å². The fraction of sp³-hybridized carbons (Fsp3) is 0.867. The molecule has 1 unspecified atom stereocenters. The fourth-order valence-electron chi connectivity index (χ4n) is 1.78. The number of carbonyl (C=O) groups is 2. The SMILES string of the molecule is CC(C)(C)OC(=O)CCC(O)CCCCCCC=O. The lowest BCUT2D eigenvalue weighted by molar-refractivity contribution is -0.155. The molecular weight excluding hydrogens is 244 g/mol. The first-order chi connectivity index (χ1) is 8.85. The van der Waals surface area contributed by atoms with Crippen LogP contribution in [0.2, 0.25) is 0 Å². The number of rotatable bonds is 10. The van der Waals surface area contributed by atoms with Gasteiger partial charge in [-0.1, -0.05) is 19.3 Å². The Morgan fingerprint density at radius 3 is 2.37 bits per heavy atom. The van der Waals surface area contributed by atoms with Gasteiger partial charge in [0.15, 0.2) is 0 Å². The summed E-state index contributed by atoms with van der Waals surface area (Å²) < 4.78 is 5.17. The van der Waals surface area contributed by atoms with E-state index in [0.29, 0.717) is 19.3 Å². The van der Waals surface area contributed by atoms with Gasteiger partial charge in [0.2, 0.25) is 0 Å². The molecule has 0 saturated carbocycles. The van der Waals surface area contributed by atoms with Crippen LogP contribution in [0, 0.1) is 0 Å². The summed E-state index contributed by atoms with van der Waals surface area (Å²) in [5, 5.41) is 9.74. The average Bonchev–Trinajstić information content (AvgIpc) is 2.29. The van der Waals surface area contributed by atoms with Crippen LogP contribution in [0.1, 0.15) is 72.1 Å². The zero-order valence-electron chi connectivity index (χ0n) is 12.5. The Morgan fingerprint density at radius 2 is 1.79 bits per heavy atom. The number of ether oxygens (including phenoxy) is 1. The van der Waals surface area contributed by atoms with Gasteiger partial charge < -0.3 is 14.6 Å². The minimum absolute atomic E-state index is 0.252. The Balaban J connectivity index is 3.51. The van der Waals surface area contributed by atoms with Gasteiger partial charge in [0, 0.05) is 12.8 Å². The third-order valence-corrected chi connectivity index (χ3v) is 2.71. The van der Waals surface area contributed by atoms with Crippen molar-refractivity contribution in [2.45, 2.75) is 83.8 Å². The third kappa shape index (κ3) is 13.3. The van der Waals surface area contributed by atoms with Gasteiger partial charge in [-0.3, -0.25) is 4.79 Å². The first-order valence-corrected chi connectivity index (χ1v) is 7.18. The van der Waals surface area contributed by atoms with Gasteiger partial charge in [0.05, 0.1) is 6.10 Å². The average molecular weight is 272 g/mol. The highest BCUT2D eigenvalue weighted by molar-refractivity contribution is 5.69. The molecular formula is C15H28O4. The molecule has 0 aliphatic carbocycles. The molecule has 0 amide bonds. The van der Waals surface area contributed by atoms with Gasteiger partial charge in [-0.05, 0) is 40.0 Å². The molecule has 0 spiro atoms. The topological polar surface area (TPSA) is 63.6 Å². The summed E-state index contributed by atoms with van der Waals surface area (Å²) in [4.78, 5) is 21.6. The van der Waals surface area contributed by atoms with Crippen molar-refractivity contribution in [3.63, 3.8) is 0 Å². The molecule has 4 nitrogen and oxygen atoms in total. The molecule has 0 radical (unpaired) electrons. The van der Waals surface area contributed by atoms with Crippen LogP contribution >= 0.6 is 0 Å². The van der Waals surface area contributed by atoms with Crippen molar-refractivity contribution in [2.24, 2.45) is 0 Å². The number of aliphatic hydroxyl groups is 1. The lowest BCUT2D eigenvalue weighted by Crippen LogP contribution is -2.24. The van der Waals surface area contributed by atoms with Crippen molar-refractivity contribution >= 4 is 12.3 Å². The molecule has 0 bridgehead atoms. The van der Waals surface area contributed by atoms with Gasteiger partial charge in [0.25, 0.3) is 0 Å². The van der Waals surface area contributed by atoms with Crippen LogP contribution in [-0.4, -0.2) is 29.1 Å². The molecule has 0 aromatic rings. The summed E-state index contributed by atoms with van der Waals surface area (Å²) >= 11 is 0. The smallest absolute Gasteiger partial charge is 0.306 e. The second kappa shape index (κ2) is 9.96. The van der Waals surface area contributed by atoms with E-state index in [2.05, 4.69) is 0 Å². The summed E-state index contributed by atoms with van der Waals surface area (Å²) in [6.45, 7) is 5.50. The van der Waals surface area contributed by atoms with Gasteiger partial charge in [-0.25, -0.2) is 0 Å². The number of aliphatic hydroxyl groups excluding tert-OH is 1. The third-order valence-electron chi connectivity index (χ3n) is 2.71. The molecule has 0 aliphatic rings. The van der Waals surface area contributed by atoms with E-state index < -0.39 is 11.7 Å². The normalized spacial score (nSPS) is 13.1. The highest BCUT2D eigenvalue weighted by Crippen LogP contribution is 2.13. The van der Waals surface area contributed by atoms with E-state index in [-0.39, 0.29) is 12.4 Å². The van der Waals surface area contributed by atoms with Gasteiger partial charge in [0.1, 0.15) is 11.9 Å². The van der Waals surface area contributed by atoms with E-state index in [4.69, 9.17) is 4.74 Å². The van der Waals surface area contributed by atoms with Crippen LogP contribution in [0.5, 0.6) is 0 Å². The molecule has 19 heavy (non-hydrogen) atoms. The Morgan fingerprint density at radius 1 is 1.16 bits per heavy atom. The number of esters is 1. The lowest BCUT2D eigenvalue weighted by atomic mass is 10.0. The molecule has 0 aromatic carbocycles. The molecule has 1 N–H and O–H groups in total. The Kier molecular flexibility index (Phi) is 9.48. The van der Waals surface area contributed by atoms with Crippen molar-refractivity contribution in [3.05, 3.63) is 0 Å². The summed E-state index contributed by atoms with van der Waals surface area (Å²) in [6.07, 6.45) is 6.49. The van der Waals surface area contributed by atoms with Crippen molar-refractivity contribution < 1.29 is 19.4 Å². The summed E-state index contributed by atoms with van der Waals surface area (Å²) in [5.41, 5.74) is -0.458. The molecule has 4 heteroatoms. The van der Waals surface area contributed by atoms with E-state index in [9.17, 15) is 14.7 Å². The van der Waals surface area contributed by atoms with Gasteiger partial charge >= 0.3 is 5.97 Å². The summed E-state index contributed by atoms with van der Waals surface area (Å²) in [5.74, 6) is -0.252. The van der Waals surface area contributed by atoms with Crippen molar-refractivity contribution in [1.82, 2.24) is 0 Å². The maximum Gasteiger partial charge on any atom is 0.306 e. The number of aldehydes is 1. The van der Waals surface area contributed by atoms with Gasteiger partial charge in [-0.15, -0.1) is 0 Å². The van der Waals surface area contributed by atoms with E-state index in [1.165, 1.54) is 0 Å². The Bertz CT molecular complexity index is 255. The molecule has 0 saturated heterocycles. The fourth-order valence-corrected chi connectivity index (χ4v) is 1.78. The summed E-state index contributed by atoms with van der Waals surface area (Å²) in [6, 6.07) is 0. The largest absolute Gasteiger partial charge is 0.460 e. The molecule has 1 atom stereocenters. The monoisotopic (exact) mass is 272 g/mol. The maximum atomic E-state index is 11.4. The van der Waals surface area contributed by atoms with E-state index >= 15 is 0 Å². The first-order valence-electron chi connectivity index (χ1n) is 7.18. The Labute approximate surface area is 116 Å². The quantitative estimate of drug-likeness (QED) is 0.377. The predicted octanol–water partition coefficient (Wildman–Crippen LogP) is 3.01. The van der Waals surface area contributed by atoms with Crippen molar-refractivity contribution in [3.8, 4) is 0 Å². The highest BCUT2D eigenvalue weighted by atomic mass is 16.6. The van der Waals surface area contributed by atoms with Gasteiger partial charge in [-0.2, -0.15) is 0 Å². The van der Waals surface area contributed by atoms with Crippen LogP contribution < -0.4 is 0 Å². The predicted molar refractivity (Wildman–Crippen MR) is 74.9 cm³/mol. The van der Waals surface area contributed by atoms with Crippen molar-refractivity contribution in [2.75, 3.05) is 0 Å². The maximum absolute atomic E-state index is 11.4. The number of hydrogen-bond donors (Lipinski definition) is 1. The minimum Gasteiger partial charge on any atom is -0.460 e. The highest BCUT2D eigenvalue weighted by Gasteiger charge is 2.17. The number of carbonyl (C=O) groups excluding carboxylic acids is 2. The zero-order chi connectivity index (χ0) is 14.7. The standard InChI is InChI=1S/C15H28O4/c1-15(2,3)19-14(18)11-10-13(17)9-7-5-4-6-8-12-16/h12-13,17H,4-11H2,1-3H3. The van der Waals surface area contributed by atoms with Crippen LogP contribution in [0.4, 0.5) is 0 Å².